The van der Waals surface area contributed by atoms with Gasteiger partial charge in [-0.2, -0.15) is 0 Å². The molecule has 7 heteroatoms. The second-order valence-corrected chi connectivity index (χ2v) is 7.73. The lowest BCUT2D eigenvalue weighted by molar-refractivity contribution is 0.217. The smallest absolute Gasteiger partial charge is 0.316 e. The van der Waals surface area contributed by atoms with Gasteiger partial charge in [-0.3, -0.25) is 0 Å². The fourth-order valence-electron chi connectivity index (χ4n) is 1.24. The van der Waals surface area contributed by atoms with E-state index < -0.39 is 10.0 Å². The van der Waals surface area contributed by atoms with Gasteiger partial charge < -0.3 is 10.2 Å². The van der Waals surface area contributed by atoms with Gasteiger partial charge in [-0.25, -0.2) is 17.9 Å². The lowest BCUT2D eigenvalue weighted by Gasteiger charge is -2.28. The Hall–Kier alpha value is -0.820. The Morgan fingerprint density at radius 1 is 1.21 bits per heavy atom. The Morgan fingerprint density at radius 2 is 1.74 bits per heavy atom. The first-order valence-electron chi connectivity index (χ1n) is 6.40. The molecule has 0 aliphatic rings. The van der Waals surface area contributed by atoms with Crippen LogP contribution in [0.5, 0.6) is 0 Å². The molecule has 0 atom stereocenters. The fraction of sp³-hybridized carbons (Fsp3) is 0.917. The number of hydrogen-bond acceptors (Lipinski definition) is 3. The number of hydrogen-bond donors (Lipinski definition) is 2. The Bertz CT molecular complexity index is 389. The Balaban J connectivity index is 4.16. The molecule has 6 nitrogen and oxygen atoms in total. The number of carbonyl (C=O) groups is 1. The Morgan fingerprint density at radius 3 is 2.16 bits per heavy atom. The monoisotopic (exact) mass is 293 g/mol. The van der Waals surface area contributed by atoms with Crippen molar-refractivity contribution in [1.29, 1.82) is 0 Å². The SMILES string of the molecule is CC(C)C(C)(C)CS(=O)(=O)NCCNC(=O)N(C)C. The maximum atomic E-state index is 11.9. The van der Waals surface area contributed by atoms with Gasteiger partial charge >= 0.3 is 6.03 Å². The molecule has 0 aliphatic carbocycles. The molecule has 0 radical (unpaired) electrons. The lowest BCUT2D eigenvalue weighted by atomic mass is 9.83. The molecule has 0 aromatic heterocycles. The van der Waals surface area contributed by atoms with Crippen molar-refractivity contribution in [3.63, 3.8) is 0 Å². The van der Waals surface area contributed by atoms with E-state index in [2.05, 4.69) is 10.0 Å². The molecule has 114 valence electrons. The summed E-state index contributed by atoms with van der Waals surface area (Å²) in [5, 5.41) is 2.60. The minimum atomic E-state index is -3.32. The molecule has 0 bridgehead atoms. The number of urea groups is 1. The number of rotatable bonds is 7. The van der Waals surface area contributed by atoms with Crippen LogP contribution in [-0.4, -0.2) is 52.3 Å². The molecule has 0 unspecified atom stereocenters. The minimum Gasteiger partial charge on any atom is -0.337 e. The highest BCUT2D eigenvalue weighted by atomic mass is 32.2. The minimum absolute atomic E-state index is 0.0826. The summed E-state index contributed by atoms with van der Waals surface area (Å²) in [5.41, 5.74) is -0.279. The second kappa shape index (κ2) is 7.09. The van der Waals surface area contributed by atoms with E-state index in [1.807, 2.05) is 27.7 Å². The van der Waals surface area contributed by atoms with E-state index >= 15 is 0 Å². The first-order valence-corrected chi connectivity index (χ1v) is 8.05. The molecule has 0 aliphatic heterocycles. The van der Waals surface area contributed by atoms with E-state index in [1.54, 1.807) is 14.1 Å². The third-order valence-electron chi connectivity index (χ3n) is 3.25. The molecule has 0 spiro atoms. The summed E-state index contributed by atoms with van der Waals surface area (Å²) in [6.45, 7) is 8.36. The third-order valence-corrected chi connectivity index (χ3v) is 5.02. The van der Waals surface area contributed by atoms with Crippen molar-refractivity contribution in [2.24, 2.45) is 11.3 Å². The van der Waals surface area contributed by atoms with Gasteiger partial charge in [0.25, 0.3) is 0 Å². The van der Waals surface area contributed by atoms with Crippen molar-refractivity contribution < 1.29 is 13.2 Å². The highest BCUT2D eigenvalue weighted by Gasteiger charge is 2.28. The molecule has 0 fully saturated rings. The summed E-state index contributed by atoms with van der Waals surface area (Å²) in [6, 6.07) is -0.235. The number of nitrogens with zero attached hydrogens (tertiary/aromatic N) is 1. The van der Waals surface area contributed by atoms with Crippen LogP contribution in [0.25, 0.3) is 0 Å². The van der Waals surface area contributed by atoms with Crippen LogP contribution < -0.4 is 10.0 Å². The predicted molar refractivity (Wildman–Crippen MR) is 77.5 cm³/mol. The fourth-order valence-corrected chi connectivity index (χ4v) is 3.07. The van der Waals surface area contributed by atoms with Crippen LogP contribution in [0.1, 0.15) is 27.7 Å². The van der Waals surface area contributed by atoms with Crippen LogP contribution in [0.4, 0.5) is 4.79 Å². The van der Waals surface area contributed by atoms with Gasteiger partial charge in [0.05, 0.1) is 5.75 Å². The van der Waals surface area contributed by atoms with Crippen molar-refractivity contribution in [2.75, 3.05) is 32.9 Å². The molecule has 19 heavy (non-hydrogen) atoms. The van der Waals surface area contributed by atoms with Crippen LogP contribution in [0.15, 0.2) is 0 Å². The van der Waals surface area contributed by atoms with Gasteiger partial charge in [-0.15, -0.1) is 0 Å². The van der Waals surface area contributed by atoms with Crippen molar-refractivity contribution in [1.82, 2.24) is 14.9 Å². The van der Waals surface area contributed by atoms with Crippen molar-refractivity contribution in [3.05, 3.63) is 0 Å². The molecule has 0 saturated heterocycles. The number of amides is 2. The lowest BCUT2D eigenvalue weighted by Crippen LogP contribution is -2.42. The summed E-state index contributed by atoms with van der Waals surface area (Å²) in [5.74, 6) is 0.358. The zero-order valence-electron chi connectivity index (χ0n) is 12.8. The molecule has 2 amide bonds. The molecule has 0 rings (SSSR count). The van der Waals surface area contributed by atoms with E-state index in [9.17, 15) is 13.2 Å². The summed E-state index contributed by atoms with van der Waals surface area (Å²) in [7, 11) is -0.0581. The van der Waals surface area contributed by atoms with E-state index in [0.717, 1.165) is 0 Å². The standard InChI is InChI=1S/C12H27N3O3S/c1-10(2)12(3,4)9-19(17,18)14-8-7-13-11(16)15(5)6/h10,14H,7-9H2,1-6H3,(H,13,16). The quantitative estimate of drug-likeness (QED) is 0.683. The second-order valence-electron chi connectivity index (χ2n) is 5.92. The van der Waals surface area contributed by atoms with Crippen LogP contribution in [0.3, 0.4) is 0 Å². The van der Waals surface area contributed by atoms with E-state index in [1.165, 1.54) is 4.90 Å². The Labute approximate surface area is 117 Å². The zero-order chi connectivity index (χ0) is 15.3. The Kier molecular flexibility index (Phi) is 6.79. The van der Waals surface area contributed by atoms with E-state index in [-0.39, 0.29) is 36.2 Å². The van der Waals surface area contributed by atoms with Crippen molar-refractivity contribution in [3.8, 4) is 0 Å². The average molecular weight is 293 g/mol. The molecular formula is C12H27N3O3S. The van der Waals surface area contributed by atoms with Crippen molar-refractivity contribution in [2.45, 2.75) is 27.7 Å². The first-order chi connectivity index (χ1) is 8.48. The van der Waals surface area contributed by atoms with E-state index in [0.29, 0.717) is 0 Å². The summed E-state index contributed by atoms with van der Waals surface area (Å²) < 4.78 is 26.3. The number of nitrogens with one attached hydrogen (secondary N) is 2. The number of sulfonamides is 1. The number of carbonyl (C=O) groups excluding carboxylic acids is 1. The molecule has 0 heterocycles. The topological polar surface area (TPSA) is 78.5 Å². The maximum absolute atomic E-state index is 11.9. The highest BCUT2D eigenvalue weighted by Crippen LogP contribution is 2.27. The average Bonchev–Trinajstić information content (AvgIpc) is 2.22. The van der Waals surface area contributed by atoms with E-state index in [4.69, 9.17) is 0 Å². The van der Waals surface area contributed by atoms with Crippen LogP contribution >= 0.6 is 0 Å². The largest absolute Gasteiger partial charge is 0.337 e. The molecular weight excluding hydrogens is 266 g/mol. The molecule has 0 saturated carbocycles. The maximum Gasteiger partial charge on any atom is 0.316 e. The van der Waals surface area contributed by atoms with Gasteiger partial charge in [-0.05, 0) is 11.3 Å². The van der Waals surface area contributed by atoms with Gasteiger partial charge in [0.15, 0.2) is 0 Å². The van der Waals surface area contributed by atoms with Gasteiger partial charge in [-0.1, -0.05) is 27.7 Å². The zero-order valence-corrected chi connectivity index (χ0v) is 13.6. The molecule has 0 aromatic carbocycles. The molecule has 2 N–H and O–H groups in total. The summed E-state index contributed by atoms with van der Waals surface area (Å²) >= 11 is 0. The first kappa shape index (κ1) is 18.2. The van der Waals surface area contributed by atoms with Gasteiger partial charge in [0.1, 0.15) is 0 Å². The highest BCUT2D eigenvalue weighted by molar-refractivity contribution is 7.89. The van der Waals surface area contributed by atoms with Crippen molar-refractivity contribution >= 4 is 16.1 Å². The predicted octanol–water partition coefficient (Wildman–Crippen LogP) is 0.859. The van der Waals surface area contributed by atoms with Gasteiger partial charge in [0.2, 0.25) is 10.0 Å². The molecule has 0 aromatic rings. The summed E-state index contributed by atoms with van der Waals surface area (Å²) in [6.07, 6.45) is 0. The van der Waals surface area contributed by atoms with Gasteiger partial charge in [0, 0.05) is 27.2 Å². The van der Waals surface area contributed by atoms with Crippen LogP contribution in [0, 0.1) is 11.3 Å². The summed E-state index contributed by atoms with van der Waals surface area (Å²) in [4.78, 5) is 12.6. The third kappa shape index (κ3) is 7.37. The van der Waals surface area contributed by atoms with Crippen LogP contribution in [-0.2, 0) is 10.0 Å². The normalized spacial score (nSPS) is 12.6. The van der Waals surface area contributed by atoms with Crippen LogP contribution in [0.2, 0.25) is 0 Å².